The van der Waals surface area contributed by atoms with E-state index in [4.69, 9.17) is 17.3 Å². The number of unbranched alkanes of at least 4 members (excludes halogenated alkanes) is 20. The molecule has 0 heterocycles. The first kappa shape index (κ1) is 39.5. The summed E-state index contributed by atoms with van der Waals surface area (Å²) in [7, 11) is 0. The van der Waals surface area contributed by atoms with Gasteiger partial charge in [0.15, 0.2) is 0 Å². The van der Waals surface area contributed by atoms with Crippen LogP contribution in [0.25, 0.3) is 0 Å². The molecule has 7 heteroatoms. The Labute approximate surface area is 242 Å². The Balaban J connectivity index is -0.00000189. The second-order valence-corrected chi connectivity index (χ2v) is 10.4. The van der Waals surface area contributed by atoms with Crippen molar-refractivity contribution in [2.24, 2.45) is 5.73 Å². The molecule has 0 saturated carbocycles. The van der Waals surface area contributed by atoms with Crippen LogP contribution in [0, 0.1) is 0 Å². The molecule has 0 bridgehead atoms. The van der Waals surface area contributed by atoms with E-state index in [1.165, 1.54) is 128 Å². The molecular formula is C28H56N2O2S2Zn. The molecule has 0 atom stereocenters. The van der Waals surface area contributed by atoms with Gasteiger partial charge < -0.3 is 20.8 Å². The molecule has 0 aromatic heterocycles. The normalized spacial score (nSPS) is 10.2. The molecule has 0 aromatic rings. The summed E-state index contributed by atoms with van der Waals surface area (Å²) in [6.45, 7) is 6.30. The van der Waals surface area contributed by atoms with Gasteiger partial charge in [-0.1, -0.05) is 167 Å². The van der Waals surface area contributed by atoms with E-state index in [2.05, 4.69) is 31.8 Å². The molecule has 2 N–H and O–H groups in total. The van der Waals surface area contributed by atoms with Crippen LogP contribution in [0.3, 0.4) is 0 Å². The standard InChI is InChI=1S/C27H55NOS.CH3NOS.Zn/c1-3-5-7-9-11-13-15-17-19-21-23-25-28(27(29)30)26-24-22-20-18-16-14-12-10-8-6-4-2;2-1(3)4;/h3-26H2,1-2H3,(H,29,30);(H3,2,3,4);/q;;+2/p-2. The second kappa shape index (κ2) is 34.0. The third kappa shape index (κ3) is 38.7. The predicted octanol–water partition coefficient (Wildman–Crippen LogP) is 7.14. The van der Waals surface area contributed by atoms with Gasteiger partial charge in [-0.2, -0.15) is 0 Å². The third-order valence-electron chi connectivity index (χ3n) is 6.32. The van der Waals surface area contributed by atoms with Gasteiger partial charge in [-0.3, -0.25) is 0 Å². The van der Waals surface area contributed by atoms with E-state index >= 15 is 0 Å². The topological polar surface area (TPSA) is 75.4 Å². The fourth-order valence-electron chi connectivity index (χ4n) is 4.23. The Morgan fingerprint density at radius 3 is 0.914 bits per heavy atom. The second-order valence-electron chi connectivity index (χ2n) is 9.64. The summed E-state index contributed by atoms with van der Waals surface area (Å²) in [6, 6.07) is 0. The Bertz CT molecular complexity index is 413. The van der Waals surface area contributed by atoms with Crippen molar-refractivity contribution < 1.29 is 29.7 Å². The molecule has 0 aliphatic heterocycles. The van der Waals surface area contributed by atoms with E-state index in [-0.39, 0.29) is 24.7 Å². The minimum Gasteiger partial charge on any atom is -0.852 e. The van der Waals surface area contributed by atoms with E-state index in [1.807, 2.05) is 4.90 Å². The molecule has 0 unspecified atom stereocenters. The van der Waals surface area contributed by atoms with Crippen molar-refractivity contribution in [3.05, 3.63) is 0 Å². The number of hydrogen-bond acceptors (Lipinski definition) is 4. The molecule has 4 nitrogen and oxygen atoms in total. The largest absolute Gasteiger partial charge is 2.00 e. The molecule has 0 rings (SSSR count). The molecule has 0 aromatic carbocycles. The average Bonchev–Trinajstić information content (AvgIpc) is 2.79. The van der Waals surface area contributed by atoms with Crippen molar-refractivity contribution >= 4 is 34.8 Å². The summed E-state index contributed by atoms with van der Waals surface area (Å²) in [5.41, 5.74) is 4.29. The van der Waals surface area contributed by atoms with Crippen LogP contribution in [0.15, 0.2) is 0 Å². The van der Waals surface area contributed by atoms with E-state index < -0.39 is 5.17 Å². The van der Waals surface area contributed by atoms with Gasteiger partial charge in [0.2, 0.25) is 0 Å². The van der Waals surface area contributed by atoms with Crippen LogP contribution in [-0.4, -0.2) is 28.3 Å². The zero-order valence-corrected chi connectivity index (χ0v) is 27.9. The molecule has 0 amide bonds. The molecule has 0 saturated heterocycles. The number of nitrogens with zero attached hydrogens (tertiary/aromatic N) is 1. The first-order valence-electron chi connectivity index (χ1n) is 14.4. The van der Waals surface area contributed by atoms with Gasteiger partial charge in [0.05, 0.1) is 0 Å². The molecule has 204 valence electrons. The minimum atomic E-state index is -0.750. The summed E-state index contributed by atoms with van der Waals surface area (Å²) < 4.78 is 0. The van der Waals surface area contributed by atoms with Crippen molar-refractivity contribution in [3.8, 4) is 0 Å². The number of hydrogen-bond donors (Lipinski definition) is 1. The van der Waals surface area contributed by atoms with Crippen LogP contribution in [0.4, 0.5) is 0 Å². The zero-order valence-electron chi connectivity index (χ0n) is 23.3. The fourth-order valence-corrected chi connectivity index (χ4v) is 4.41. The van der Waals surface area contributed by atoms with Crippen LogP contribution in [0.1, 0.15) is 155 Å². The Kier molecular flexibility index (Phi) is 38.4. The minimum absolute atomic E-state index is 0. The van der Waals surface area contributed by atoms with Crippen LogP contribution in [0.5, 0.6) is 0 Å². The summed E-state index contributed by atoms with van der Waals surface area (Å²) in [5, 5.41) is 19.9. The number of nitrogens with two attached hydrogens (primary N) is 1. The van der Waals surface area contributed by atoms with E-state index in [1.54, 1.807) is 0 Å². The first-order chi connectivity index (χ1) is 16.5. The Morgan fingerprint density at radius 1 is 0.514 bits per heavy atom. The van der Waals surface area contributed by atoms with Gasteiger partial charge in [0.25, 0.3) is 0 Å². The molecular weight excluding hydrogens is 526 g/mol. The Morgan fingerprint density at radius 2 is 0.714 bits per heavy atom. The predicted molar refractivity (Wildman–Crippen MR) is 154 cm³/mol. The number of rotatable bonds is 24. The van der Waals surface area contributed by atoms with Gasteiger partial charge in [-0.25, -0.2) is 0 Å². The summed E-state index contributed by atoms with van der Waals surface area (Å²) in [6.07, 6.45) is 29.6. The number of thiocarbonyl (C=S) groups is 2. The SMILES string of the molecule is CCCCCCCCCCCCCN(CCCCCCCCCCCCC)C([O-])=S.NC([O-])=S.[Zn+2]. The van der Waals surface area contributed by atoms with Crippen LogP contribution < -0.4 is 15.9 Å². The smallest absolute Gasteiger partial charge is 0.852 e. The maximum Gasteiger partial charge on any atom is 2.00 e. The van der Waals surface area contributed by atoms with E-state index in [0.717, 1.165) is 25.9 Å². The third-order valence-corrected chi connectivity index (χ3v) is 6.58. The van der Waals surface area contributed by atoms with Gasteiger partial charge in [0.1, 0.15) is 0 Å². The maximum absolute atomic E-state index is 11.7. The van der Waals surface area contributed by atoms with Gasteiger partial charge in [-0.05, 0) is 12.8 Å². The molecule has 0 aliphatic carbocycles. The summed E-state index contributed by atoms with van der Waals surface area (Å²) >= 11 is 8.70. The molecule has 0 fully saturated rings. The van der Waals surface area contributed by atoms with Gasteiger partial charge >= 0.3 is 19.5 Å². The molecule has 0 spiro atoms. The van der Waals surface area contributed by atoms with Crippen molar-refractivity contribution in [2.75, 3.05) is 13.1 Å². The maximum atomic E-state index is 11.7. The zero-order chi connectivity index (χ0) is 25.7. The van der Waals surface area contributed by atoms with Crippen molar-refractivity contribution in [3.63, 3.8) is 0 Å². The summed E-state index contributed by atoms with van der Waals surface area (Å²) in [4.78, 5) is 1.91. The van der Waals surface area contributed by atoms with E-state index in [9.17, 15) is 5.11 Å². The van der Waals surface area contributed by atoms with Crippen molar-refractivity contribution in [1.29, 1.82) is 0 Å². The van der Waals surface area contributed by atoms with Crippen molar-refractivity contribution in [2.45, 2.75) is 155 Å². The first-order valence-corrected chi connectivity index (χ1v) is 15.2. The quantitative estimate of drug-likeness (QED) is 0.0741. The molecule has 0 radical (unpaired) electrons. The van der Waals surface area contributed by atoms with Gasteiger partial charge in [-0.15, -0.1) is 0 Å². The fraction of sp³-hybridized carbons (Fsp3) is 0.929. The Hall–Kier alpha value is 0.00338. The molecule has 35 heavy (non-hydrogen) atoms. The van der Waals surface area contributed by atoms with Gasteiger partial charge in [0, 0.05) is 23.4 Å². The summed E-state index contributed by atoms with van der Waals surface area (Å²) in [5.74, 6) is 0. The van der Waals surface area contributed by atoms with Crippen LogP contribution in [0.2, 0.25) is 0 Å². The van der Waals surface area contributed by atoms with E-state index in [0.29, 0.717) is 0 Å². The van der Waals surface area contributed by atoms with Crippen LogP contribution >= 0.6 is 24.4 Å². The van der Waals surface area contributed by atoms with Crippen molar-refractivity contribution in [1.82, 2.24) is 4.90 Å². The van der Waals surface area contributed by atoms with Crippen LogP contribution in [-0.2, 0) is 19.5 Å². The molecule has 0 aliphatic rings. The average molecular weight is 582 g/mol. The monoisotopic (exact) mass is 580 g/mol.